The Morgan fingerprint density at radius 3 is 2.03 bits per heavy atom. The van der Waals surface area contributed by atoms with Crippen LogP contribution in [0.2, 0.25) is 0 Å². The van der Waals surface area contributed by atoms with E-state index in [1.54, 1.807) is 0 Å². The summed E-state index contributed by atoms with van der Waals surface area (Å²) in [6, 6.07) is 35.5. The van der Waals surface area contributed by atoms with Gasteiger partial charge in [-0.05, 0) is 65.8 Å². The van der Waals surface area contributed by atoms with Crippen LogP contribution in [0.1, 0.15) is 30.7 Å². The fourth-order valence-electron chi connectivity index (χ4n) is 4.70. The largest absolute Gasteiger partial charge is 0.309 e. The van der Waals surface area contributed by atoms with E-state index >= 15 is 0 Å². The van der Waals surface area contributed by atoms with E-state index in [1.165, 1.54) is 63.4 Å². The zero-order chi connectivity index (χ0) is 19.2. The monoisotopic (exact) mass is 373 g/mol. The molecule has 29 heavy (non-hydrogen) atoms. The third-order valence-corrected chi connectivity index (χ3v) is 6.51. The molecule has 1 heterocycles. The van der Waals surface area contributed by atoms with Crippen LogP contribution >= 0.6 is 0 Å². The van der Waals surface area contributed by atoms with E-state index in [-0.39, 0.29) is 0 Å². The van der Waals surface area contributed by atoms with Gasteiger partial charge in [0.15, 0.2) is 0 Å². The Morgan fingerprint density at radius 1 is 0.586 bits per heavy atom. The van der Waals surface area contributed by atoms with E-state index in [0.29, 0.717) is 0 Å². The molecule has 1 saturated carbocycles. The van der Waals surface area contributed by atoms with Crippen LogP contribution in [0.5, 0.6) is 0 Å². The molecule has 140 valence electrons. The number of para-hydroxylation sites is 2. The molecule has 1 aliphatic carbocycles. The van der Waals surface area contributed by atoms with Gasteiger partial charge >= 0.3 is 0 Å². The van der Waals surface area contributed by atoms with Crippen molar-refractivity contribution < 1.29 is 0 Å². The molecule has 0 spiro atoms. The number of benzene rings is 4. The van der Waals surface area contributed by atoms with Crippen molar-refractivity contribution in [3.8, 4) is 16.8 Å². The maximum Gasteiger partial charge on any atom is 0.0541 e. The van der Waals surface area contributed by atoms with E-state index < -0.39 is 0 Å². The predicted octanol–water partition coefficient (Wildman–Crippen LogP) is 7.72. The lowest BCUT2D eigenvalue weighted by molar-refractivity contribution is 0.420. The Bertz CT molecular complexity index is 1310. The molecule has 0 amide bonds. The van der Waals surface area contributed by atoms with Crippen molar-refractivity contribution in [2.45, 2.75) is 25.2 Å². The zero-order valence-electron chi connectivity index (χ0n) is 16.4. The third-order valence-electron chi connectivity index (χ3n) is 6.51. The predicted molar refractivity (Wildman–Crippen MR) is 123 cm³/mol. The van der Waals surface area contributed by atoms with Crippen molar-refractivity contribution in [2.75, 3.05) is 0 Å². The quantitative estimate of drug-likeness (QED) is 0.305. The molecule has 6 rings (SSSR count). The molecule has 0 unspecified atom stereocenters. The number of nitrogens with zero attached hydrogens (tertiary/aromatic N) is 1. The minimum absolute atomic E-state index is 0.787. The van der Waals surface area contributed by atoms with Crippen molar-refractivity contribution >= 4 is 21.8 Å². The van der Waals surface area contributed by atoms with Gasteiger partial charge in [-0.2, -0.15) is 0 Å². The highest BCUT2D eigenvalue weighted by Crippen LogP contribution is 2.38. The van der Waals surface area contributed by atoms with Gasteiger partial charge in [-0.25, -0.2) is 0 Å². The van der Waals surface area contributed by atoms with Crippen LogP contribution < -0.4 is 0 Å². The average molecular weight is 373 g/mol. The molecule has 0 atom stereocenters. The van der Waals surface area contributed by atoms with E-state index in [1.807, 2.05) is 0 Å². The molecule has 0 bridgehead atoms. The number of hydrogen-bond acceptors (Lipinski definition) is 0. The highest BCUT2D eigenvalue weighted by molar-refractivity contribution is 6.10. The van der Waals surface area contributed by atoms with Gasteiger partial charge in [0.1, 0.15) is 0 Å². The Morgan fingerprint density at radius 2 is 1.28 bits per heavy atom. The topological polar surface area (TPSA) is 4.93 Å². The standard InChI is InChI=1S/C28H23N/c1-2-9-24(10-3-1)29-27-12-5-4-11-25(27)26-19-23(17-18-28(26)29)22-15-13-21(14-16-22)20-7-6-8-20/h1-5,9-20H,6-8H2. The van der Waals surface area contributed by atoms with Gasteiger partial charge < -0.3 is 4.57 Å². The second kappa shape index (κ2) is 6.63. The highest BCUT2D eigenvalue weighted by Gasteiger charge is 2.19. The normalized spacial score (nSPS) is 14.3. The van der Waals surface area contributed by atoms with Crippen molar-refractivity contribution in [1.82, 2.24) is 4.57 Å². The Balaban J connectivity index is 1.52. The summed E-state index contributed by atoms with van der Waals surface area (Å²) < 4.78 is 2.37. The summed E-state index contributed by atoms with van der Waals surface area (Å²) in [4.78, 5) is 0. The van der Waals surface area contributed by atoms with E-state index in [9.17, 15) is 0 Å². The van der Waals surface area contributed by atoms with Crippen molar-refractivity contribution in [3.63, 3.8) is 0 Å². The summed E-state index contributed by atoms with van der Waals surface area (Å²) in [7, 11) is 0. The summed E-state index contributed by atoms with van der Waals surface area (Å²) in [6.45, 7) is 0. The van der Waals surface area contributed by atoms with Crippen LogP contribution in [0.25, 0.3) is 38.6 Å². The van der Waals surface area contributed by atoms with Crippen LogP contribution in [0, 0.1) is 0 Å². The van der Waals surface area contributed by atoms with Gasteiger partial charge in [-0.3, -0.25) is 0 Å². The molecule has 1 nitrogen and oxygen atoms in total. The zero-order valence-corrected chi connectivity index (χ0v) is 16.4. The van der Waals surface area contributed by atoms with Gasteiger partial charge in [-0.1, -0.05) is 73.2 Å². The lowest BCUT2D eigenvalue weighted by Crippen LogP contribution is -2.08. The number of hydrogen-bond donors (Lipinski definition) is 0. The molecule has 4 aromatic carbocycles. The summed E-state index contributed by atoms with van der Waals surface area (Å²) in [6.07, 6.45) is 4.09. The fourth-order valence-corrected chi connectivity index (χ4v) is 4.70. The Kier molecular flexibility index (Phi) is 3.80. The summed E-state index contributed by atoms with van der Waals surface area (Å²) >= 11 is 0. The van der Waals surface area contributed by atoms with Crippen LogP contribution in [0.4, 0.5) is 0 Å². The van der Waals surface area contributed by atoms with Crippen LogP contribution in [-0.2, 0) is 0 Å². The van der Waals surface area contributed by atoms with E-state index in [4.69, 9.17) is 0 Å². The molecule has 0 N–H and O–H groups in total. The minimum Gasteiger partial charge on any atom is -0.309 e. The minimum atomic E-state index is 0.787. The molecule has 1 fully saturated rings. The van der Waals surface area contributed by atoms with Crippen LogP contribution in [-0.4, -0.2) is 4.57 Å². The second-order valence-corrected chi connectivity index (χ2v) is 8.17. The Labute approximate surface area is 171 Å². The average Bonchev–Trinajstić information content (AvgIpc) is 3.07. The van der Waals surface area contributed by atoms with Gasteiger partial charge in [0.25, 0.3) is 0 Å². The molecule has 0 aliphatic heterocycles. The van der Waals surface area contributed by atoms with Crippen molar-refractivity contribution in [2.24, 2.45) is 0 Å². The number of fused-ring (bicyclic) bond motifs is 3. The van der Waals surface area contributed by atoms with Crippen LogP contribution in [0.3, 0.4) is 0 Å². The Hall–Kier alpha value is -3.32. The number of aromatic nitrogens is 1. The molecule has 0 saturated heterocycles. The fraction of sp³-hybridized carbons (Fsp3) is 0.143. The first kappa shape index (κ1) is 16.6. The highest BCUT2D eigenvalue weighted by atomic mass is 15.0. The van der Waals surface area contributed by atoms with Gasteiger partial charge in [0.2, 0.25) is 0 Å². The summed E-state index contributed by atoms with van der Waals surface area (Å²) in [5.74, 6) is 0.787. The van der Waals surface area contributed by atoms with E-state index in [2.05, 4.69) is 102 Å². The lowest BCUT2D eigenvalue weighted by atomic mass is 9.80. The maximum absolute atomic E-state index is 2.37. The van der Waals surface area contributed by atoms with Crippen LogP contribution in [0.15, 0.2) is 97.1 Å². The molecule has 1 aromatic heterocycles. The van der Waals surface area contributed by atoms with E-state index in [0.717, 1.165) is 5.92 Å². The molecule has 5 aromatic rings. The molecule has 1 heteroatoms. The van der Waals surface area contributed by atoms with Crippen molar-refractivity contribution in [1.29, 1.82) is 0 Å². The first-order valence-electron chi connectivity index (χ1n) is 10.6. The molecular formula is C28H23N. The van der Waals surface area contributed by atoms with Gasteiger partial charge in [0.05, 0.1) is 11.0 Å². The maximum atomic E-state index is 2.37. The first-order valence-corrected chi connectivity index (χ1v) is 10.6. The summed E-state index contributed by atoms with van der Waals surface area (Å²) in [5, 5.41) is 2.62. The van der Waals surface area contributed by atoms with Gasteiger partial charge in [0, 0.05) is 16.5 Å². The lowest BCUT2D eigenvalue weighted by Gasteiger charge is -2.25. The smallest absolute Gasteiger partial charge is 0.0541 e. The summed E-state index contributed by atoms with van der Waals surface area (Å²) in [5.41, 5.74) is 7.80. The third kappa shape index (κ3) is 2.69. The van der Waals surface area contributed by atoms with Crippen molar-refractivity contribution in [3.05, 3.63) is 103 Å². The molecule has 1 aliphatic rings. The SMILES string of the molecule is c1ccc(-n2c3ccccc3c3cc(-c4ccc(C5CCC5)cc4)ccc32)cc1. The molecular weight excluding hydrogens is 350 g/mol. The molecule has 0 radical (unpaired) electrons. The van der Waals surface area contributed by atoms with Gasteiger partial charge in [-0.15, -0.1) is 0 Å². The first-order chi connectivity index (χ1) is 14.4. The number of rotatable bonds is 3. The second-order valence-electron chi connectivity index (χ2n) is 8.17.